The molecule has 0 saturated heterocycles. The van der Waals surface area contributed by atoms with Gasteiger partial charge in [-0.05, 0) is 24.6 Å². The quantitative estimate of drug-likeness (QED) is 0.931. The number of halogens is 3. The summed E-state index contributed by atoms with van der Waals surface area (Å²) in [6, 6.07) is 4.90. The van der Waals surface area contributed by atoms with E-state index in [9.17, 15) is 13.2 Å². The summed E-state index contributed by atoms with van der Waals surface area (Å²) in [6.45, 7) is 1.92. The van der Waals surface area contributed by atoms with Crippen molar-refractivity contribution in [3.05, 3.63) is 23.8 Å². The van der Waals surface area contributed by atoms with Crippen LogP contribution in [0, 0.1) is 0 Å². The monoisotopic (exact) mass is 275 g/mol. The Labute approximate surface area is 106 Å². The average Bonchev–Trinajstić information content (AvgIpc) is 2.71. The number of hydrogen-bond acceptors (Lipinski definition) is 4. The molecule has 0 saturated carbocycles. The number of aromatic nitrogens is 2. The van der Waals surface area contributed by atoms with E-state index in [1.807, 2.05) is 18.2 Å². The number of rotatable bonds is 4. The van der Waals surface area contributed by atoms with Crippen molar-refractivity contribution in [2.45, 2.75) is 32.1 Å². The van der Waals surface area contributed by atoms with E-state index in [-0.39, 0.29) is 0 Å². The molecule has 0 amide bonds. The van der Waals surface area contributed by atoms with E-state index < -0.39 is 18.6 Å². The predicted molar refractivity (Wildman–Crippen MR) is 64.4 cm³/mol. The second-order valence-electron chi connectivity index (χ2n) is 4.19. The summed E-state index contributed by atoms with van der Waals surface area (Å²) in [5, 5.41) is 2.85. The largest absolute Gasteiger partial charge is 0.390 e. The van der Waals surface area contributed by atoms with E-state index >= 15 is 0 Å². The third-order valence-corrected chi connectivity index (χ3v) is 3.07. The molecule has 2 rings (SSSR count). The summed E-state index contributed by atoms with van der Waals surface area (Å²) in [7, 11) is 0. The zero-order chi connectivity index (χ0) is 13.2. The van der Waals surface area contributed by atoms with Crippen molar-refractivity contribution in [1.29, 1.82) is 0 Å². The van der Waals surface area contributed by atoms with Crippen molar-refractivity contribution in [2.24, 2.45) is 0 Å². The molecule has 0 fully saturated rings. The number of hydrogen-bond donors (Lipinski definition) is 1. The van der Waals surface area contributed by atoms with Crippen molar-refractivity contribution < 1.29 is 13.2 Å². The maximum Gasteiger partial charge on any atom is 0.390 e. The lowest BCUT2D eigenvalue weighted by molar-refractivity contribution is -0.139. The van der Waals surface area contributed by atoms with Crippen molar-refractivity contribution in [1.82, 2.24) is 14.1 Å². The van der Waals surface area contributed by atoms with Crippen LogP contribution in [0.3, 0.4) is 0 Å². The molecule has 0 aliphatic carbocycles. The molecule has 1 aromatic carbocycles. The van der Waals surface area contributed by atoms with Gasteiger partial charge in [0.1, 0.15) is 11.0 Å². The first-order valence-electron chi connectivity index (χ1n) is 5.45. The average molecular weight is 275 g/mol. The van der Waals surface area contributed by atoms with Crippen molar-refractivity contribution in [3.8, 4) is 0 Å². The molecule has 7 heteroatoms. The molecule has 18 heavy (non-hydrogen) atoms. The molecule has 0 aliphatic rings. The summed E-state index contributed by atoms with van der Waals surface area (Å²) in [5.41, 5.74) is 2.50. The van der Waals surface area contributed by atoms with Gasteiger partial charge in [0.15, 0.2) is 0 Å². The summed E-state index contributed by atoms with van der Waals surface area (Å²) in [5.74, 6) is 0. The Kier molecular flexibility index (Phi) is 3.82. The van der Waals surface area contributed by atoms with Crippen molar-refractivity contribution >= 4 is 22.8 Å². The van der Waals surface area contributed by atoms with E-state index in [0.29, 0.717) is 6.54 Å². The Morgan fingerprint density at radius 1 is 1.28 bits per heavy atom. The molecule has 1 aromatic heterocycles. The van der Waals surface area contributed by atoms with E-state index in [2.05, 4.69) is 14.1 Å². The number of alkyl halides is 3. The van der Waals surface area contributed by atoms with Gasteiger partial charge in [-0.15, -0.1) is 0 Å². The number of nitrogens with zero attached hydrogens (tertiary/aromatic N) is 2. The predicted octanol–water partition coefficient (Wildman–Crippen LogP) is 3.12. The molecule has 0 radical (unpaired) electrons. The summed E-state index contributed by atoms with van der Waals surface area (Å²) in [6.07, 6.45) is -4.96. The van der Waals surface area contributed by atoms with Gasteiger partial charge < -0.3 is 5.32 Å². The molecule has 0 spiro atoms. The molecule has 0 bridgehead atoms. The minimum atomic E-state index is -4.13. The highest BCUT2D eigenvalue weighted by atomic mass is 32.1. The van der Waals surface area contributed by atoms with Gasteiger partial charge in [0.2, 0.25) is 0 Å². The van der Waals surface area contributed by atoms with Crippen LogP contribution in [0.4, 0.5) is 13.2 Å². The molecule has 1 N–H and O–H groups in total. The van der Waals surface area contributed by atoms with Crippen LogP contribution in [0.25, 0.3) is 11.0 Å². The van der Waals surface area contributed by atoms with Crippen LogP contribution >= 0.6 is 11.7 Å². The van der Waals surface area contributed by atoms with Gasteiger partial charge in [-0.3, -0.25) is 0 Å². The second-order valence-corrected chi connectivity index (χ2v) is 4.72. The normalized spacial score (nSPS) is 14.0. The summed E-state index contributed by atoms with van der Waals surface area (Å²) < 4.78 is 44.6. The van der Waals surface area contributed by atoms with Gasteiger partial charge in [0.05, 0.1) is 18.1 Å². The highest BCUT2D eigenvalue weighted by molar-refractivity contribution is 7.00. The minimum absolute atomic E-state index is 0.394. The van der Waals surface area contributed by atoms with E-state index in [1.165, 1.54) is 6.92 Å². The third kappa shape index (κ3) is 3.64. The highest BCUT2D eigenvalue weighted by Gasteiger charge is 2.29. The molecule has 1 unspecified atom stereocenters. The van der Waals surface area contributed by atoms with Crippen LogP contribution in [0.15, 0.2) is 18.2 Å². The number of fused-ring (bicyclic) bond motifs is 1. The molecule has 2 aromatic rings. The van der Waals surface area contributed by atoms with Gasteiger partial charge >= 0.3 is 6.18 Å². The first-order chi connectivity index (χ1) is 8.44. The standard InChI is InChI=1S/C11H12F3N3S/c1-7(5-11(12,13)14)15-6-8-2-3-9-10(4-8)17-18-16-9/h2-4,7,15H,5-6H2,1H3. The molecular weight excluding hydrogens is 263 g/mol. The Hall–Kier alpha value is -1.21. The highest BCUT2D eigenvalue weighted by Crippen LogP contribution is 2.21. The van der Waals surface area contributed by atoms with Gasteiger partial charge in [0.25, 0.3) is 0 Å². The Bertz CT molecular complexity index is 523. The Morgan fingerprint density at radius 2 is 2.00 bits per heavy atom. The Morgan fingerprint density at radius 3 is 2.72 bits per heavy atom. The number of benzene rings is 1. The van der Waals surface area contributed by atoms with Crippen LogP contribution < -0.4 is 5.32 Å². The lowest BCUT2D eigenvalue weighted by atomic mass is 10.1. The molecule has 3 nitrogen and oxygen atoms in total. The zero-order valence-electron chi connectivity index (χ0n) is 9.66. The first-order valence-corrected chi connectivity index (χ1v) is 6.18. The smallest absolute Gasteiger partial charge is 0.310 e. The third-order valence-electron chi connectivity index (χ3n) is 2.51. The molecule has 0 aliphatic heterocycles. The molecule has 1 atom stereocenters. The van der Waals surface area contributed by atoms with Crippen LogP contribution in [-0.4, -0.2) is 21.0 Å². The van der Waals surface area contributed by atoms with Gasteiger partial charge in [-0.25, -0.2) is 0 Å². The van der Waals surface area contributed by atoms with Crippen LogP contribution in [-0.2, 0) is 6.54 Å². The minimum Gasteiger partial charge on any atom is -0.310 e. The molecule has 1 heterocycles. The summed E-state index contributed by atoms with van der Waals surface area (Å²) in [4.78, 5) is 0. The fraction of sp³-hybridized carbons (Fsp3) is 0.455. The van der Waals surface area contributed by atoms with Crippen LogP contribution in [0.5, 0.6) is 0 Å². The van der Waals surface area contributed by atoms with Crippen molar-refractivity contribution in [2.75, 3.05) is 0 Å². The van der Waals surface area contributed by atoms with Crippen LogP contribution in [0.2, 0.25) is 0 Å². The zero-order valence-corrected chi connectivity index (χ0v) is 10.5. The lowest BCUT2D eigenvalue weighted by Crippen LogP contribution is -2.30. The van der Waals surface area contributed by atoms with E-state index in [1.54, 1.807) is 0 Å². The maximum atomic E-state index is 12.1. The molecular formula is C11H12F3N3S. The Balaban J connectivity index is 1.93. The second kappa shape index (κ2) is 5.19. The summed E-state index contributed by atoms with van der Waals surface area (Å²) >= 11 is 1.12. The van der Waals surface area contributed by atoms with Crippen LogP contribution in [0.1, 0.15) is 18.9 Å². The van der Waals surface area contributed by atoms with Gasteiger partial charge in [0, 0.05) is 12.6 Å². The van der Waals surface area contributed by atoms with E-state index in [4.69, 9.17) is 0 Å². The van der Waals surface area contributed by atoms with E-state index in [0.717, 1.165) is 28.3 Å². The SMILES string of the molecule is CC(CC(F)(F)F)NCc1ccc2nsnc2c1. The first kappa shape index (κ1) is 13.2. The molecule has 98 valence electrons. The lowest BCUT2D eigenvalue weighted by Gasteiger charge is -2.15. The number of nitrogens with one attached hydrogen (secondary N) is 1. The van der Waals surface area contributed by atoms with Gasteiger partial charge in [-0.2, -0.15) is 21.9 Å². The van der Waals surface area contributed by atoms with Crippen molar-refractivity contribution in [3.63, 3.8) is 0 Å². The maximum absolute atomic E-state index is 12.1. The fourth-order valence-electron chi connectivity index (χ4n) is 1.65. The topological polar surface area (TPSA) is 37.8 Å². The fourth-order valence-corrected chi connectivity index (χ4v) is 2.17. The van der Waals surface area contributed by atoms with Gasteiger partial charge in [-0.1, -0.05) is 6.07 Å².